The van der Waals surface area contributed by atoms with E-state index in [1.165, 1.54) is 0 Å². The number of aryl methyl sites for hydroxylation is 1. The van der Waals surface area contributed by atoms with Crippen molar-refractivity contribution in [2.75, 3.05) is 19.0 Å². The maximum atomic E-state index is 12.0. The second-order valence-corrected chi connectivity index (χ2v) is 5.21. The summed E-state index contributed by atoms with van der Waals surface area (Å²) in [6.07, 6.45) is 3.84. The van der Waals surface area contributed by atoms with Crippen molar-refractivity contribution in [2.45, 2.75) is 26.3 Å². The molecule has 1 saturated heterocycles. The van der Waals surface area contributed by atoms with Crippen LogP contribution >= 0.6 is 12.6 Å². The Kier molecular flexibility index (Phi) is 3.94. The predicted octanol–water partition coefficient (Wildman–Crippen LogP) is 1.88. The quantitative estimate of drug-likeness (QED) is 0.834. The van der Waals surface area contributed by atoms with E-state index >= 15 is 0 Å². The molecule has 1 aliphatic heterocycles. The van der Waals surface area contributed by atoms with Crippen molar-refractivity contribution in [2.24, 2.45) is 5.41 Å². The molecule has 1 aromatic heterocycles. The lowest BCUT2D eigenvalue weighted by Crippen LogP contribution is -2.38. The van der Waals surface area contributed by atoms with Gasteiger partial charge >= 0.3 is 0 Å². The predicted molar refractivity (Wildman–Crippen MR) is 71.8 cm³/mol. The van der Waals surface area contributed by atoms with Gasteiger partial charge in [0, 0.05) is 36.9 Å². The molecule has 0 amide bonds. The summed E-state index contributed by atoms with van der Waals surface area (Å²) in [5.74, 6) is 0.802. The first-order valence-electron chi connectivity index (χ1n) is 6.02. The van der Waals surface area contributed by atoms with Crippen LogP contribution in [-0.2, 0) is 11.3 Å². The minimum atomic E-state index is 0.110. The molecule has 2 rings (SSSR count). The fourth-order valence-corrected chi connectivity index (χ4v) is 2.73. The number of hydrogen-bond donors (Lipinski definition) is 1. The molecule has 1 aromatic rings. The van der Waals surface area contributed by atoms with E-state index in [9.17, 15) is 4.79 Å². The summed E-state index contributed by atoms with van der Waals surface area (Å²) < 4.78 is 7.21. The highest BCUT2D eigenvalue weighted by molar-refractivity contribution is 7.80. The van der Waals surface area contributed by atoms with Crippen LogP contribution < -0.4 is 5.56 Å². The van der Waals surface area contributed by atoms with Crippen LogP contribution in [0.3, 0.4) is 0 Å². The van der Waals surface area contributed by atoms with Gasteiger partial charge in [-0.3, -0.25) is 4.79 Å². The standard InChI is InChI=1S/C13H19NO2S/c1-11-3-2-6-14(12(11)15)9-13(10-17)4-7-16-8-5-13/h2-3,6,17H,4-5,7-10H2,1H3. The Morgan fingerprint density at radius 1 is 1.47 bits per heavy atom. The molecule has 1 aliphatic rings. The first-order chi connectivity index (χ1) is 8.17. The summed E-state index contributed by atoms with van der Waals surface area (Å²) in [7, 11) is 0. The summed E-state index contributed by atoms with van der Waals surface area (Å²) in [4.78, 5) is 12.0. The Hall–Kier alpha value is -0.740. The normalized spacial score (nSPS) is 19.2. The van der Waals surface area contributed by atoms with Crippen LogP contribution in [0.5, 0.6) is 0 Å². The zero-order chi connectivity index (χ0) is 12.3. The number of ether oxygens (including phenoxy) is 1. The summed E-state index contributed by atoms with van der Waals surface area (Å²) in [6.45, 7) is 4.17. The monoisotopic (exact) mass is 253 g/mol. The van der Waals surface area contributed by atoms with Gasteiger partial charge in [-0.2, -0.15) is 12.6 Å². The van der Waals surface area contributed by atoms with Crippen LogP contribution in [-0.4, -0.2) is 23.5 Å². The van der Waals surface area contributed by atoms with Crippen molar-refractivity contribution in [3.05, 3.63) is 34.2 Å². The van der Waals surface area contributed by atoms with Gasteiger partial charge in [-0.15, -0.1) is 0 Å². The zero-order valence-electron chi connectivity index (χ0n) is 10.2. The largest absolute Gasteiger partial charge is 0.381 e. The van der Waals surface area contributed by atoms with Crippen molar-refractivity contribution >= 4 is 12.6 Å². The fraction of sp³-hybridized carbons (Fsp3) is 0.615. The Morgan fingerprint density at radius 2 is 2.18 bits per heavy atom. The molecule has 4 heteroatoms. The third kappa shape index (κ3) is 2.75. The van der Waals surface area contributed by atoms with E-state index in [0.29, 0.717) is 0 Å². The molecule has 0 aliphatic carbocycles. The first kappa shape index (κ1) is 12.7. The Labute approximate surface area is 107 Å². The van der Waals surface area contributed by atoms with Crippen LogP contribution in [0.25, 0.3) is 0 Å². The van der Waals surface area contributed by atoms with E-state index in [-0.39, 0.29) is 11.0 Å². The average Bonchev–Trinajstić information content (AvgIpc) is 2.36. The summed E-state index contributed by atoms with van der Waals surface area (Å²) in [5, 5.41) is 0. The summed E-state index contributed by atoms with van der Waals surface area (Å²) in [6, 6.07) is 3.79. The highest BCUT2D eigenvalue weighted by Gasteiger charge is 2.31. The maximum absolute atomic E-state index is 12.0. The number of rotatable bonds is 3. The van der Waals surface area contributed by atoms with Gasteiger partial charge in [0.15, 0.2) is 0 Å². The highest BCUT2D eigenvalue weighted by atomic mass is 32.1. The molecule has 1 fully saturated rings. The lowest BCUT2D eigenvalue weighted by Gasteiger charge is -2.36. The smallest absolute Gasteiger partial charge is 0.253 e. The van der Waals surface area contributed by atoms with Crippen molar-refractivity contribution in [1.82, 2.24) is 4.57 Å². The van der Waals surface area contributed by atoms with Gasteiger partial charge in [0.05, 0.1) is 0 Å². The number of thiol groups is 1. The SMILES string of the molecule is Cc1cccn(CC2(CS)CCOCC2)c1=O. The number of pyridine rings is 1. The van der Waals surface area contributed by atoms with Gasteiger partial charge in [-0.25, -0.2) is 0 Å². The van der Waals surface area contributed by atoms with E-state index < -0.39 is 0 Å². The molecule has 0 N–H and O–H groups in total. The summed E-state index contributed by atoms with van der Waals surface area (Å²) in [5.41, 5.74) is 1.02. The van der Waals surface area contributed by atoms with Crippen molar-refractivity contribution < 1.29 is 4.74 Å². The molecule has 0 saturated carbocycles. The van der Waals surface area contributed by atoms with Gasteiger partial charge in [0.1, 0.15) is 0 Å². The Balaban J connectivity index is 2.23. The third-order valence-electron chi connectivity index (χ3n) is 3.61. The Morgan fingerprint density at radius 3 is 2.82 bits per heavy atom. The topological polar surface area (TPSA) is 31.2 Å². The molecular weight excluding hydrogens is 234 g/mol. The zero-order valence-corrected chi connectivity index (χ0v) is 11.1. The molecule has 2 heterocycles. The summed E-state index contributed by atoms with van der Waals surface area (Å²) >= 11 is 4.47. The van der Waals surface area contributed by atoms with Crippen molar-refractivity contribution in [3.8, 4) is 0 Å². The molecular formula is C13H19NO2S. The average molecular weight is 253 g/mol. The fourth-order valence-electron chi connectivity index (χ4n) is 2.31. The highest BCUT2D eigenvalue weighted by Crippen LogP contribution is 2.33. The molecule has 94 valence electrons. The number of nitrogens with zero attached hydrogens (tertiary/aromatic N) is 1. The Bertz CT molecular complexity index is 435. The molecule has 3 nitrogen and oxygen atoms in total. The van der Waals surface area contributed by atoms with Crippen LogP contribution in [0.15, 0.2) is 23.1 Å². The van der Waals surface area contributed by atoms with Crippen LogP contribution in [0.2, 0.25) is 0 Å². The van der Waals surface area contributed by atoms with Gasteiger partial charge in [-0.05, 0) is 31.6 Å². The van der Waals surface area contributed by atoms with Crippen LogP contribution in [0.4, 0.5) is 0 Å². The minimum absolute atomic E-state index is 0.110. The van der Waals surface area contributed by atoms with Crippen LogP contribution in [0.1, 0.15) is 18.4 Å². The lowest BCUT2D eigenvalue weighted by atomic mass is 9.82. The second kappa shape index (κ2) is 5.27. The van der Waals surface area contributed by atoms with E-state index in [4.69, 9.17) is 4.74 Å². The molecule has 0 aromatic carbocycles. The molecule has 0 atom stereocenters. The molecule has 0 bridgehead atoms. The van der Waals surface area contributed by atoms with Gasteiger partial charge in [0.2, 0.25) is 0 Å². The van der Waals surface area contributed by atoms with E-state index in [0.717, 1.165) is 43.9 Å². The number of hydrogen-bond acceptors (Lipinski definition) is 3. The van der Waals surface area contributed by atoms with Crippen molar-refractivity contribution in [1.29, 1.82) is 0 Å². The van der Waals surface area contributed by atoms with E-state index in [1.54, 1.807) is 0 Å². The molecule has 0 spiro atoms. The van der Waals surface area contributed by atoms with Gasteiger partial charge in [0.25, 0.3) is 5.56 Å². The van der Waals surface area contributed by atoms with Crippen LogP contribution in [0, 0.1) is 12.3 Å². The minimum Gasteiger partial charge on any atom is -0.381 e. The molecule has 17 heavy (non-hydrogen) atoms. The van der Waals surface area contributed by atoms with Crippen molar-refractivity contribution in [3.63, 3.8) is 0 Å². The molecule has 0 unspecified atom stereocenters. The van der Waals surface area contributed by atoms with E-state index in [1.807, 2.05) is 29.8 Å². The van der Waals surface area contributed by atoms with Gasteiger partial charge in [-0.1, -0.05) is 6.07 Å². The maximum Gasteiger partial charge on any atom is 0.253 e. The van der Waals surface area contributed by atoms with E-state index in [2.05, 4.69) is 12.6 Å². The van der Waals surface area contributed by atoms with Gasteiger partial charge < -0.3 is 9.30 Å². The third-order valence-corrected chi connectivity index (χ3v) is 4.28. The molecule has 0 radical (unpaired) electrons. The first-order valence-corrected chi connectivity index (χ1v) is 6.65. The lowest BCUT2D eigenvalue weighted by molar-refractivity contribution is 0.0177. The number of aromatic nitrogens is 1. The second-order valence-electron chi connectivity index (χ2n) is 4.89.